The van der Waals surface area contributed by atoms with Crippen LogP contribution in [0.5, 0.6) is 0 Å². The molecule has 0 aromatic heterocycles. The monoisotopic (exact) mass is 429 g/mol. The molecule has 2 fully saturated rings. The molecular formula is C25H36BrN. The highest BCUT2D eigenvalue weighted by molar-refractivity contribution is 9.10. The van der Waals surface area contributed by atoms with Gasteiger partial charge in [-0.05, 0) is 98.9 Å². The van der Waals surface area contributed by atoms with Gasteiger partial charge in [0.1, 0.15) is 0 Å². The van der Waals surface area contributed by atoms with Crippen LogP contribution in [0.3, 0.4) is 0 Å². The van der Waals surface area contributed by atoms with Crippen molar-refractivity contribution in [2.24, 2.45) is 23.2 Å². The number of nitrogens with one attached hydrogen (secondary N) is 1. The topological polar surface area (TPSA) is 12.0 Å². The summed E-state index contributed by atoms with van der Waals surface area (Å²) < 4.78 is 1.15. The van der Waals surface area contributed by atoms with Crippen molar-refractivity contribution in [1.82, 2.24) is 5.32 Å². The van der Waals surface area contributed by atoms with Crippen LogP contribution < -0.4 is 5.32 Å². The molecule has 4 atom stereocenters. The van der Waals surface area contributed by atoms with Crippen LogP contribution in [0, 0.1) is 23.2 Å². The molecule has 0 spiro atoms. The van der Waals surface area contributed by atoms with Gasteiger partial charge in [-0.1, -0.05) is 66.2 Å². The van der Waals surface area contributed by atoms with Gasteiger partial charge in [0.2, 0.25) is 0 Å². The highest BCUT2D eigenvalue weighted by Gasteiger charge is 2.42. The molecule has 0 radical (unpaired) electrons. The number of allylic oxidation sites excluding steroid dienone is 2. The van der Waals surface area contributed by atoms with Gasteiger partial charge in [0.05, 0.1) is 0 Å². The lowest BCUT2D eigenvalue weighted by atomic mass is 9.67. The summed E-state index contributed by atoms with van der Waals surface area (Å²) in [6, 6.07) is 9.01. The average Bonchev–Trinajstić information content (AvgIpc) is 2.72. The summed E-state index contributed by atoms with van der Waals surface area (Å²) in [4.78, 5) is 0. The summed E-state index contributed by atoms with van der Waals surface area (Å²) in [6.07, 6.45) is 6.20. The molecule has 3 rings (SSSR count). The van der Waals surface area contributed by atoms with Crippen molar-refractivity contribution in [2.45, 2.75) is 58.8 Å². The van der Waals surface area contributed by atoms with Crippen molar-refractivity contribution in [1.29, 1.82) is 0 Å². The predicted octanol–water partition coefficient (Wildman–Crippen LogP) is 7.11. The Balaban J connectivity index is 1.91. The standard InChI is InChI=1S/C25H36BrN/c1-6-22(17(2)3)24(19-7-9-21(26)10-8-19)23-12-14-25(5,13-11-18(23)4)20-15-27-16-20/h7-10,20,22-24,27H,2,4,6,11-16H2,1,3,5H3. The van der Waals surface area contributed by atoms with Crippen LogP contribution in [-0.4, -0.2) is 13.1 Å². The van der Waals surface area contributed by atoms with Gasteiger partial charge in [0, 0.05) is 4.47 Å². The van der Waals surface area contributed by atoms with E-state index >= 15 is 0 Å². The third kappa shape index (κ3) is 4.43. The van der Waals surface area contributed by atoms with Gasteiger partial charge in [0.25, 0.3) is 0 Å². The SMILES string of the molecule is C=C(C)C(CC)C(c1ccc(Br)cc1)C1CCC(C)(C2CNC2)CCC1=C. The zero-order valence-electron chi connectivity index (χ0n) is 17.4. The van der Waals surface area contributed by atoms with E-state index in [1.165, 1.54) is 55.5 Å². The molecule has 1 aliphatic heterocycles. The van der Waals surface area contributed by atoms with Crippen LogP contribution in [0.1, 0.15) is 64.4 Å². The third-order valence-corrected chi connectivity index (χ3v) is 8.06. The Morgan fingerprint density at radius 3 is 2.44 bits per heavy atom. The van der Waals surface area contributed by atoms with E-state index in [-0.39, 0.29) is 0 Å². The summed E-state index contributed by atoms with van der Waals surface area (Å²) >= 11 is 3.60. The Kier molecular flexibility index (Phi) is 6.69. The van der Waals surface area contributed by atoms with Gasteiger partial charge < -0.3 is 5.32 Å². The molecule has 27 heavy (non-hydrogen) atoms. The molecule has 1 N–H and O–H groups in total. The minimum absolute atomic E-state index is 0.470. The Morgan fingerprint density at radius 2 is 1.93 bits per heavy atom. The molecule has 2 heteroatoms. The molecule has 1 aromatic rings. The summed E-state index contributed by atoms with van der Waals surface area (Å²) in [5.41, 5.74) is 4.71. The molecule has 1 aliphatic carbocycles. The van der Waals surface area contributed by atoms with Gasteiger partial charge in [-0.15, -0.1) is 0 Å². The zero-order valence-corrected chi connectivity index (χ0v) is 18.9. The zero-order chi connectivity index (χ0) is 19.6. The molecule has 2 aliphatic rings. The second-order valence-corrected chi connectivity index (χ2v) is 10.2. The van der Waals surface area contributed by atoms with Crippen LogP contribution >= 0.6 is 15.9 Å². The maximum atomic E-state index is 4.61. The molecule has 1 aromatic carbocycles. The fourth-order valence-corrected chi connectivity index (χ4v) is 5.67. The van der Waals surface area contributed by atoms with Crippen LogP contribution in [0.25, 0.3) is 0 Å². The lowest BCUT2D eigenvalue weighted by Gasteiger charge is -2.43. The van der Waals surface area contributed by atoms with E-state index in [2.05, 4.69) is 79.4 Å². The van der Waals surface area contributed by atoms with Crippen molar-refractivity contribution < 1.29 is 0 Å². The van der Waals surface area contributed by atoms with E-state index in [1.54, 1.807) is 0 Å². The largest absolute Gasteiger partial charge is 0.316 e. The number of hydrogen-bond acceptors (Lipinski definition) is 1. The van der Waals surface area contributed by atoms with Crippen LogP contribution in [-0.2, 0) is 0 Å². The normalized spacial score (nSPS) is 28.9. The first kappa shape index (κ1) is 20.9. The highest BCUT2D eigenvalue weighted by Crippen LogP contribution is 2.51. The number of hydrogen-bond donors (Lipinski definition) is 1. The molecule has 1 nitrogen and oxygen atoms in total. The second kappa shape index (κ2) is 8.66. The molecule has 1 heterocycles. The van der Waals surface area contributed by atoms with Gasteiger partial charge >= 0.3 is 0 Å². The van der Waals surface area contributed by atoms with Gasteiger partial charge in [-0.2, -0.15) is 0 Å². The van der Waals surface area contributed by atoms with Crippen LogP contribution in [0.4, 0.5) is 0 Å². The summed E-state index contributed by atoms with van der Waals surface area (Å²) in [5.74, 6) is 2.42. The smallest absolute Gasteiger partial charge is 0.0175 e. The molecule has 1 saturated heterocycles. The Labute approximate surface area is 174 Å². The molecule has 0 bridgehead atoms. The van der Waals surface area contributed by atoms with Gasteiger partial charge in [0.15, 0.2) is 0 Å². The summed E-state index contributed by atoms with van der Waals surface area (Å²) in [5, 5.41) is 3.48. The van der Waals surface area contributed by atoms with Gasteiger partial charge in [-0.3, -0.25) is 0 Å². The third-order valence-electron chi connectivity index (χ3n) is 7.53. The Hall–Kier alpha value is -0.860. The van der Waals surface area contributed by atoms with E-state index in [9.17, 15) is 0 Å². The van der Waals surface area contributed by atoms with Crippen molar-refractivity contribution in [3.63, 3.8) is 0 Å². The summed E-state index contributed by atoms with van der Waals surface area (Å²) in [7, 11) is 0. The molecule has 1 saturated carbocycles. The molecular weight excluding hydrogens is 394 g/mol. The highest BCUT2D eigenvalue weighted by atomic mass is 79.9. The van der Waals surface area contributed by atoms with E-state index < -0.39 is 0 Å². The predicted molar refractivity (Wildman–Crippen MR) is 121 cm³/mol. The number of rotatable bonds is 6. The minimum atomic E-state index is 0.470. The maximum absolute atomic E-state index is 4.61. The Bertz CT molecular complexity index is 672. The molecule has 148 valence electrons. The summed E-state index contributed by atoms with van der Waals surface area (Å²) in [6.45, 7) is 18.4. The average molecular weight is 430 g/mol. The van der Waals surface area contributed by atoms with E-state index in [0.29, 0.717) is 23.2 Å². The van der Waals surface area contributed by atoms with Crippen molar-refractivity contribution >= 4 is 15.9 Å². The van der Waals surface area contributed by atoms with Crippen molar-refractivity contribution in [3.05, 3.63) is 58.6 Å². The minimum Gasteiger partial charge on any atom is -0.316 e. The van der Waals surface area contributed by atoms with Crippen LogP contribution in [0.2, 0.25) is 0 Å². The second-order valence-electron chi connectivity index (χ2n) is 9.25. The molecule has 0 amide bonds. The Morgan fingerprint density at radius 1 is 1.26 bits per heavy atom. The first-order chi connectivity index (χ1) is 12.9. The van der Waals surface area contributed by atoms with Gasteiger partial charge in [-0.25, -0.2) is 0 Å². The van der Waals surface area contributed by atoms with Crippen molar-refractivity contribution in [3.8, 4) is 0 Å². The lowest BCUT2D eigenvalue weighted by molar-refractivity contribution is 0.102. The van der Waals surface area contributed by atoms with Crippen LogP contribution in [0.15, 0.2) is 53.0 Å². The lowest BCUT2D eigenvalue weighted by Crippen LogP contribution is -2.50. The number of halogens is 1. The number of benzene rings is 1. The van der Waals surface area contributed by atoms with Crippen molar-refractivity contribution in [2.75, 3.05) is 13.1 Å². The fraction of sp³-hybridized carbons (Fsp3) is 0.600. The molecule has 4 unspecified atom stereocenters. The quantitative estimate of drug-likeness (QED) is 0.375. The first-order valence-corrected chi connectivity index (χ1v) is 11.4. The first-order valence-electron chi connectivity index (χ1n) is 10.6. The maximum Gasteiger partial charge on any atom is 0.0175 e. The van der Waals surface area contributed by atoms with E-state index in [4.69, 9.17) is 0 Å². The fourth-order valence-electron chi connectivity index (χ4n) is 5.41. The van der Waals surface area contributed by atoms with E-state index in [1.807, 2.05) is 0 Å². The van der Waals surface area contributed by atoms with E-state index in [0.717, 1.165) is 16.8 Å².